The monoisotopic (exact) mass is 297 g/mol. The predicted molar refractivity (Wildman–Crippen MR) is 77.4 cm³/mol. The first-order valence-electron chi connectivity index (χ1n) is 6.10. The van der Waals surface area contributed by atoms with Crippen molar-refractivity contribution in [3.05, 3.63) is 48.6 Å². The molecule has 1 aromatic carbocycles. The van der Waals surface area contributed by atoms with Gasteiger partial charge in [0, 0.05) is 0 Å². The molecule has 0 saturated heterocycles. The van der Waals surface area contributed by atoms with Crippen LogP contribution in [0.2, 0.25) is 0 Å². The number of benzene rings is 1. The van der Waals surface area contributed by atoms with Gasteiger partial charge in [0.05, 0.1) is 17.9 Å². The zero-order valence-corrected chi connectivity index (χ0v) is 12.4. The highest BCUT2D eigenvalue weighted by molar-refractivity contribution is 7.86. The lowest BCUT2D eigenvalue weighted by Crippen LogP contribution is -2.48. The van der Waals surface area contributed by atoms with Crippen molar-refractivity contribution in [1.29, 1.82) is 0 Å². The summed E-state index contributed by atoms with van der Waals surface area (Å²) in [5.74, 6) is -0.736. The highest BCUT2D eigenvalue weighted by atomic mass is 32.2. The van der Waals surface area contributed by atoms with E-state index in [2.05, 4.69) is 11.9 Å². The van der Waals surface area contributed by atoms with Gasteiger partial charge in [0.25, 0.3) is 10.1 Å². The Morgan fingerprint density at radius 1 is 1.35 bits per heavy atom. The van der Waals surface area contributed by atoms with E-state index in [1.807, 2.05) is 6.07 Å². The zero-order valence-electron chi connectivity index (χ0n) is 11.6. The second-order valence-electron chi connectivity index (χ2n) is 5.03. The Bertz CT molecular complexity index is 564. The van der Waals surface area contributed by atoms with Crippen molar-refractivity contribution in [2.45, 2.75) is 26.0 Å². The molecule has 5 nitrogen and oxygen atoms in total. The van der Waals surface area contributed by atoms with Crippen molar-refractivity contribution < 1.29 is 17.4 Å². The summed E-state index contributed by atoms with van der Waals surface area (Å²) >= 11 is 0. The van der Waals surface area contributed by atoms with Gasteiger partial charge < -0.3 is 5.32 Å². The second-order valence-corrected chi connectivity index (χ2v) is 6.67. The van der Waals surface area contributed by atoms with Gasteiger partial charge in [-0.1, -0.05) is 36.9 Å². The molecule has 0 bridgehead atoms. The molecule has 0 aromatic heterocycles. The molecular weight excluding hydrogens is 278 g/mol. The Labute approximate surface area is 119 Å². The van der Waals surface area contributed by atoms with Gasteiger partial charge in [-0.25, -0.2) is 0 Å². The van der Waals surface area contributed by atoms with Crippen molar-refractivity contribution in [2.75, 3.05) is 5.75 Å². The van der Waals surface area contributed by atoms with Crippen LogP contribution in [0.5, 0.6) is 0 Å². The summed E-state index contributed by atoms with van der Waals surface area (Å²) in [6.45, 7) is 6.52. The Morgan fingerprint density at radius 3 is 2.50 bits per heavy atom. The molecule has 1 N–H and O–H groups in total. The van der Waals surface area contributed by atoms with E-state index in [0.29, 0.717) is 0 Å². The Hall–Kier alpha value is -1.66. The van der Waals surface area contributed by atoms with E-state index in [0.717, 1.165) is 11.6 Å². The maximum atomic E-state index is 11.9. The minimum Gasteiger partial charge on any atom is -0.347 e. The van der Waals surface area contributed by atoms with Gasteiger partial charge in [-0.05, 0) is 25.5 Å². The summed E-state index contributed by atoms with van der Waals surface area (Å²) in [5, 5.41) is 2.54. The van der Waals surface area contributed by atoms with Gasteiger partial charge in [0.15, 0.2) is 0 Å². The molecule has 0 atom stereocenters. The molecule has 0 unspecified atom stereocenters. The Kier molecular flexibility index (Phi) is 5.47. The first-order chi connectivity index (χ1) is 9.24. The van der Waals surface area contributed by atoms with Gasteiger partial charge in [0.2, 0.25) is 5.91 Å². The van der Waals surface area contributed by atoms with Crippen molar-refractivity contribution in [3.63, 3.8) is 0 Å². The van der Waals surface area contributed by atoms with E-state index in [1.54, 1.807) is 38.1 Å². The highest BCUT2D eigenvalue weighted by Crippen LogP contribution is 2.11. The molecule has 1 aromatic rings. The number of carbonyl (C=O) groups is 1. The summed E-state index contributed by atoms with van der Waals surface area (Å²) in [6, 6.07) is 9.01. The van der Waals surface area contributed by atoms with Crippen LogP contribution in [-0.2, 0) is 25.7 Å². The van der Waals surface area contributed by atoms with Crippen LogP contribution in [0.15, 0.2) is 43.0 Å². The van der Waals surface area contributed by atoms with Crippen LogP contribution in [0.1, 0.15) is 19.4 Å². The lowest BCUT2D eigenvalue weighted by atomic mass is 10.1. The molecule has 0 heterocycles. The summed E-state index contributed by atoms with van der Waals surface area (Å²) in [6.07, 6.45) is 1.10. The van der Waals surface area contributed by atoms with Gasteiger partial charge in [-0.3, -0.25) is 8.98 Å². The summed E-state index contributed by atoms with van der Waals surface area (Å²) < 4.78 is 28.7. The van der Waals surface area contributed by atoms with Crippen LogP contribution >= 0.6 is 0 Å². The predicted octanol–water partition coefficient (Wildman–Crippen LogP) is 1.61. The number of amides is 1. The van der Waals surface area contributed by atoms with E-state index in [-0.39, 0.29) is 12.4 Å². The molecular formula is C14H19NO4S. The minimum absolute atomic E-state index is 0.0192. The standard InChI is InChI=1S/C14H19NO4S/c1-4-13(16)15-14(2,3)11-20(17,18)19-10-12-8-6-5-7-9-12/h4-9H,1,10-11H2,2-3H3,(H,15,16). The lowest BCUT2D eigenvalue weighted by molar-refractivity contribution is -0.117. The van der Waals surface area contributed by atoms with E-state index in [9.17, 15) is 13.2 Å². The fourth-order valence-corrected chi connectivity index (χ4v) is 2.99. The lowest BCUT2D eigenvalue weighted by Gasteiger charge is -2.24. The fourth-order valence-electron chi connectivity index (χ4n) is 1.64. The van der Waals surface area contributed by atoms with Gasteiger partial charge in [-0.2, -0.15) is 8.42 Å². The molecule has 0 saturated carbocycles. The van der Waals surface area contributed by atoms with Crippen LogP contribution in [0.25, 0.3) is 0 Å². The van der Waals surface area contributed by atoms with Gasteiger partial charge in [0.1, 0.15) is 0 Å². The summed E-state index contributed by atoms with van der Waals surface area (Å²) in [7, 11) is -3.74. The van der Waals surface area contributed by atoms with Gasteiger partial charge in [-0.15, -0.1) is 0 Å². The average Bonchev–Trinajstić information content (AvgIpc) is 2.36. The smallest absolute Gasteiger partial charge is 0.269 e. The number of hydrogen-bond acceptors (Lipinski definition) is 4. The number of hydrogen-bond donors (Lipinski definition) is 1. The quantitative estimate of drug-likeness (QED) is 0.613. The minimum atomic E-state index is -3.74. The molecule has 110 valence electrons. The Morgan fingerprint density at radius 2 is 1.95 bits per heavy atom. The summed E-state index contributed by atoms with van der Waals surface area (Å²) in [4.78, 5) is 11.2. The van der Waals surface area contributed by atoms with Crippen LogP contribution in [0.4, 0.5) is 0 Å². The van der Waals surface area contributed by atoms with Gasteiger partial charge >= 0.3 is 0 Å². The van der Waals surface area contributed by atoms with Crippen molar-refractivity contribution in [2.24, 2.45) is 0 Å². The molecule has 20 heavy (non-hydrogen) atoms. The SMILES string of the molecule is C=CC(=O)NC(C)(C)CS(=O)(=O)OCc1ccccc1. The number of nitrogens with one attached hydrogen (secondary N) is 1. The van der Waals surface area contributed by atoms with Crippen LogP contribution in [-0.4, -0.2) is 25.6 Å². The first kappa shape index (κ1) is 16.4. The zero-order chi connectivity index (χ0) is 15.2. The fraction of sp³-hybridized carbons (Fsp3) is 0.357. The van der Waals surface area contributed by atoms with Crippen LogP contribution < -0.4 is 5.32 Å². The van der Waals surface area contributed by atoms with E-state index in [4.69, 9.17) is 4.18 Å². The van der Waals surface area contributed by atoms with Crippen LogP contribution in [0.3, 0.4) is 0 Å². The van der Waals surface area contributed by atoms with Crippen molar-refractivity contribution >= 4 is 16.0 Å². The van der Waals surface area contributed by atoms with Crippen molar-refractivity contribution in [1.82, 2.24) is 5.32 Å². The molecule has 0 fully saturated rings. The van der Waals surface area contributed by atoms with E-state index < -0.39 is 21.6 Å². The van der Waals surface area contributed by atoms with Crippen LogP contribution in [0, 0.1) is 0 Å². The largest absolute Gasteiger partial charge is 0.347 e. The molecule has 1 amide bonds. The average molecular weight is 297 g/mol. The molecule has 6 heteroatoms. The summed E-state index contributed by atoms with van der Waals surface area (Å²) in [5.41, 5.74) is -0.162. The Balaban J connectivity index is 2.61. The second kappa shape index (κ2) is 6.67. The maximum absolute atomic E-state index is 11.9. The number of carbonyl (C=O) groups excluding carboxylic acids is 1. The normalized spacial score (nSPS) is 11.9. The third kappa shape index (κ3) is 5.99. The van der Waals surface area contributed by atoms with E-state index >= 15 is 0 Å². The molecule has 0 aliphatic heterocycles. The maximum Gasteiger partial charge on any atom is 0.269 e. The molecule has 0 radical (unpaired) electrons. The van der Waals surface area contributed by atoms with Crippen molar-refractivity contribution in [3.8, 4) is 0 Å². The third-order valence-electron chi connectivity index (χ3n) is 2.43. The number of rotatable bonds is 7. The third-order valence-corrected chi connectivity index (χ3v) is 3.98. The molecule has 0 spiro atoms. The highest BCUT2D eigenvalue weighted by Gasteiger charge is 2.28. The topological polar surface area (TPSA) is 72.5 Å². The molecule has 0 aliphatic carbocycles. The molecule has 1 rings (SSSR count). The first-order valence-corrected chi connectivity index (χ1v) is 7.67. The van der Waals surface area contributed by atoms with E-state index in [1.165, 1.54) is 0 Å². The molecule has 0 aliphatic rings.